The van der Waals surface area contributed by atoms with Gasteiger partial charge in [0.2, 0.25) is 5.91 Å². The quantitative estimate of drug-likeness (QED) is 0.464. The summed E-state index contributed by atoms with van der Waals surface area (Å²) in [6.07, 6.45) is -0.115. The molecule has 3 aromatic rings. The average molecular weight is 498 g/mol. The van der Waals surface area contributed by atoms with Crippen LogP contribution in [0.5, 0.6) is 5.75 Å². The Kier molecular flexibility index (Phi) is 7.09. The molecule has 0 aromatic heterocycles. The fourth-order valence-electron chi connectivity index (χ4n) is 3.69. The molecule has 1 N–H and O–H groups in total. The molecule has 3 aromatic carbocycles. The Bertz CT molecular complexity index is 1200. The SMILES string of the molecule is COc1ccc(NC(=O)CC2C(=O)N(c3ccc(Cl)cc3)C(=S)N2Cc2ccc(F)cc2)cc1. The van der Waals surface area contributed by atoms with Gasteiger partial charge in [0.15, 0.2) is 5.11 Å². The van der Waals surface area contributed by atoms with Crippen molar-refractivity contribution in [3.05, 3.63) is 89.2 Å². The Morgan fingerprint density at radius 3 is 2.32 bits per heavy atom. The molecular weight excluding hydrogens is 477 g/mol. The maximum Gasteiger partial charge on any atom is 0.256 e. The van der Waals surface area contributed by atoms with E-state index >= 15 is 0 Å². The third kappa shape index (κ3) is 5.18. The second-order valence-corrected chi connectivity index (χ2v) is 8.49. The number of anilines is 2. The van der Waals surface area contributed by atoms with Gasteiger partial charge in [-0.25, -0.2) is 4.39 Å². The molecule has 0 radical (unpaired) electrons. The fraction of sp³-hybridized carbons (Fsp3) is 0.160. The van der Waals surface area contributed by atoms with Gasteiger partial charge in [0.1, 0.15) is 17.6 Å². The Balaban J connectivity index is 1.58. The van der Waals surface area contributed by atoms with Crippen LogP contribution < -0.4 is 15.0 Å². The lowest BCUT2D eigenvalue weighted by molar-refractivity contribution is -0.124. The zero-order chi connectivity index (χ0) is 24.2. The van der Waals surface area contributed by atoms with Crippen molar-refractivity contribution in [2.75, 3.05) is 17.3 Å². The minimum Gasteiger partial charge on any atom is -0.497 e. The van der Waals surface area contributed by atoms with Gasteiger partial charge in [0, 0.05) is 17.3 Å². The van der Waals surface area contributed by atoms with Crippen molar-refractivity contribution in [1.29, 1.82) is 0 Å². The molecule has 1 aliphatic rings. The van der Waals surface area contributed by atoms with Crippen molar-refractivity contribution in [3.8, 4) is 5.75 Å². The number of hydrogen-bond acceptors (Lipinski definition) is 4. The lowest BCUT2D eigenvalue weighted by Crippen LogP contribution is -2.37. The van der Waals surface area contributed by atoms with Gasteiger partial charge < -0.3 is 15.0 Å². The third-order valence-corrected chi connectivity index (χ3v) is 6.09. The molecule has 4 rings (SSSR count). The first-order valence-corrected chi connectivity index (χ1v) is 11.2. The smallest absolute Gasteiger partial charge is 0.256 e. The standard InChI is InChI=1S/C25H21ClFN3O3S/c1-33-21-12-8-19(9-13-21)28-23(31)14-22-24(32)30(20-10-4-17(26)5-11-20)25(34)29(22)15-16-2-6-18(27)7-3-16/h2-13,22H,14-15H2,1H3,(H,28,31). The molecule has 34 heavy (non-hydrogen) atoms. The molecule has 1 unspecified atom stereocenters. The Hall–Kier alpha value is -3.49. The number of thiocarbonyl (C=S) groups is 1. The van der Waals surface area contributed by atoms with Gasteiger partial charge in [0.25, 0.3) is 5.91 Å². The summed E-state index contributed by atoms with van der Waals surface area (Å²) < 4.78 is 18.5. The maximum absolute atomic E-state index is 13.4. The lowest BCUT2D eigenvalue weighted by atomic mass is 10.1. The summed E-state index contributed by atoms with van der Waals surface area (Å²) in [5.41, 5.74) is 1.90. The maximum atomic E-state index is 13.4. The molecule has 6 nitrogen and oxygen atoms in total. The van der Waals surface area contributed by atoms with E-state index in [1.54, 1.807) is 72.7 Å². The van der Waals surface area contributed by atoms with E-state index in [0.29, 0.717) is 22.1 Å². The minimum atomic E-state index is -0.827. The first kappa shape index (κ1) is 23.7. The van der Waals surface area contributed by atoms with Crippen molar-refractivity contribution in [2.45, 2.75) is 19.0 Å². The van der Waals surface area contributed by atoms with Gasteiger partial charge in [0.05, 0.1) is 19.2 Å². The molecular formula is C25H21ClFN3O3S. The number of methoxy groups -OCH3 is 1. The van der Waals surface area contributed by atoms with Crippen LogP contribution in [0, 0.1) is 5.82 Å². The Labute approximate surface area is 206 Å². The van der Waals surface area contributed by atoms with Crippen LogP contribution in [-0.2, 0) is 16.1 Å². The number of nitrogens with zero attached hydrogens (tertiary/aromatic N) is 2. The van der Waals surface area contributed by atoms with Gasteiger partial charge in [-0.3, -0.25) is 14.5 Å². The van der Waals surface area contributed by atoms with E-state index in [1.165, 1.54) is 17.0 Å². The third-order valence-electron chi connectivity index (χ3n) is 5.42. The molecule has 0 aliphatic carbocycles. The second-order valence-electron chi connectivity index (χ2n) is 7.68. The topological polar surface area (TPSA) is 61.9 Å². The first-order chi connectivity index (χ1) is 16.4. The Morgan fingerprint density at radius 1 is 1.06 bits per heavy atom. The number of amides is 2. The number of halogens is 2. The van der Waals surface area contributed by atoms with Crippen LogP contribution in [0.1, 0.15) is 12.0 Å². The number of carbonyl (C=O) groups excluding carboxylic acids is 2. The molecule has 1 atom stereocenters. The van der Waals surface area contributed by atoms with Gasteiger partial charge in [-0.1, -0.05) is 23.7 Å². The van der Waals surface area contributed by atoms with Crippen molar-refractivity contribution in [3.63, 3.8) is 0 Å². The molecule has 9 heteroatoms. The average Bonchev–Trinajstić information content (AvgIpc) is 3.05. The number of ether oxygens (including phenoxy) is 1. The second kappa shape index (κ2) is 10.2. The fourth-order valence-corrected chi connectivity index (χ4v) is 4.20. The molecule has 1 saturated heterocycles. The normalized spacial score (nSPS) is 15.6. The number of carbonyl (C=O) groups is 2. The minimum absolute atomic E-state index is 0.115. The number of nitrogens with one attached hydrogen (secondary N) is 1. The van der Waals surface area contributed by atoms with E-state index in [2.05, 4.69) is 5.32 Å². The van der Waals surface area contributed by atoms with Gasteiger partial charge in [-0.2, -0.15) is 0 Å². The number of rotatable bonds is 7. The summed E-state index contributed by atoms with van der Waals surface area (Å²) in [6, 6.07) is 18.7. The van der Waals surface area contributed by atoms with E-state index < -0.39 is 6.04 Å². The molecule has 0 saturated carbocycles. The lowest BCUT2D eigenvalue weighted by Gasteiger charge is -2.24. The van der Waals surface area contributed by atoms with Crippen molar-refractivity contribution < 1.29 is 18.7 Å². The molecule has 0 spiro atoms. The molecule has 1 heterocycles. The number of benzene rings is 3. The zero-order valence-corrected chi connectivity index (χ0v) is 19.8. The van der Waals surface area contributed by atoms with Crippen LogP contribution in [0.3, 0.4) is 0 Å². The monoisotopic (exact) mass is 497 g/mol. The molecule has 0 bridgehead atoms. The zero-order valence-electron chi connectivity index (χ0n) is 18.2. The van der Waals surface area contributed by atoms with Crippen LogP contribution in [0.25, 0.3) is 0 Å². The number of hydrogen-bond donors (Lipinski definition) is 1. The van der Waals surface area contributed by atoms with E-state index in [1.807, 2.05) is 0 Å². The van der Waals surface area contributed by atoms with Crippen LogP contribution >= 0.6 is 23.8 Å². The van der Waals surface area contributed by atoms with Crippen LogP contribution in [-0.4, -0.2) is 35.0 Å². The highest BCUT2D eigenvalue weighted by molar-refractivity contribution is 7.80. The summed E-state index contributed by atoms with van der Waals surface area (Å²) in [7, 11) is 1.56. The largest absolute Gasteiger partial charge is 0.497 e. The summed E-state index contributed by atoms with van der Waals surface area (Å²) in [5, 5.41) is 3.60. The van der Waals surface area contributed by atoms with E-state index in [9.17, 15) is 14.0 Å². The summed E-state index contributed by atoms with van der Waals surface area (Å²) >= 11 is 11.6. The predicted octanol–water partition coefficient (Wildman–Crippen LogP) is 5.02. The molecule has 1 aliphatic heterocycles. The molecule has 174 valence electrons. The van der Waals surface area contributed by atoms with Crippen LogP contribution in [0.4, 0.5) is 15.8 Å². The van der Waals surface area contributed by atoms with Crippen LogP contribution in [0.15, 0.2) is 72.8 Å². The van der Waals surface area contributed by atoms with E-state index in [-0.39, 0.29) is 35.7 Å². The highest BCUT2D eigenvalue weighted by atomic mass is 35.5. The predicted molar refractivity (Wildman–Crippen MR) is 134 cm³/mol. The van der Waals surface area contributed by atoms with E-state index in [4.69, 9.17) is 28.6 Å². The highest BCUT2D eigenvalue weighted by Gasteiger charge is 2.44. The van der Waals surface area contributed by atoms with Gasteiger partial charge in [-0.15, -0.1) is 0 Å². The Morgan fingerprint density at radius 2 is 1.71 bits per heavy atom. The molecule has 1 fully saturated rings. The molecule has 2 amide bonds. The summed E-state index contributed by atoms with van der Waals surface area (Å²) in [6.45, 7) is 0.245. The van der Waals surface area contributed by atoms with E-state index in [0.717, 1.165) is 5.56 Å². The van der Waals surface area contributed by atoms with Crippen LogP contribution in [0.2, 0.25) is 5.02 Å². The van der Waals surface area contributed by atoms with Crippen molar-refractivity contribution in [2.24, 2.45) is 0 Å². The van der Waals surface area contributed by atoms with Crippen molar-refractivity contribution in [1.82, 2.24) is 4.90 Å². The van der Waals surface area contributed by atoms with Gasteiger partial charge >= 0.3 is 0 Å². The van der Waals surface area contributed by atoms with Crippen molar-refractivity contribution >= 4 is 52.1 Å². The van der Waals surface area contributed by atoms with Gasteiger partial charge in [-0.05, 0) is 78.4 Å². The first-order valence-electron chi connectivity index (χ1n) is 10.4. The highest BCUT2D eigenvalue weighted by Crippen LogP contribution is 2.30. The summed E-state index contributed by atoms with van der Waals surface area (Å²) in [5.74, 6) is -0.354. The summed E-state index contributed by atoms with van der Waals surface area (Å²) in [4.78, 5) is 29.4.